The van der Waals surface area contributed by atoms with Crippen molar-refractivity contribution in [3.63, 3.8) is 0 Å². The maximum Gasteiger partial charge on any atom is 0.264 e. The molecule has 0 aliphatic carbocycles. The van der Waals surface area contributed by atoms with E-state index in [0.29, 0.717) is 37.7 Å². The number of carbonyl (C=O) groups is 2. The smallest absolute Gasteiger partial charge is 0.264 e. The number of ether oxygens (including phenoxy) is 2. The lowest BCUT2D eigenvalue weighted by atomic mass is 10.0. The van der Waals surface area contributed by atoms with Gasteiger partial charge in [0.15, 0.2) is 0 Å². The Labute approximate surface area is 154 Å². The van der Waals surface area contributed by atoms with E-state index in [1.54, 1.807) is 33.9 Å². The minimum absolute atomic E-state index is 0.0293. The Morgan fingerprint density at radius 1 is 1.38 bits per heavy atom. The van der Waals surface area contributed by atoms with Crippen LogP contribution in [0, 0.1) is 0 Å². The third kappa shape index (κ3) is 3.25. The summed E-state index contributed by atoms with van der Waals surface area (Å²) in [5.41, 5.74) is -0.0201. The van der Waals surface area contributed by atoms with E-state index in [0.717, 1.165) is 5.69 Å². The summed E-state index contributed by atoms with van der Waals surface area (Å²) < 4.78 is 13.3. The monoisotopic (exact) mass is 376 g/mol. The fourth-order valence-corrected chi connectivity index (χ4v) is 4.01. The Bertz CT molecular complexity index is 806. The van der Waals surface area contributed by atoms with Gasteiger partial charge in [-0.15, -0.1) is 11.3 Å². The van der Waals surface area contributed by atoms with E-state index in [9.17, 15) is 9.59 Å². The Balaban J connectivity index is 1.57. The number of morpholine rings is 1. The number of amides is 2. The second kappa shape index (κ2) is 6.82. The summed E-state index contributed by atoms with van der Waals surface area (Å²) in [5.74, 6) is -0.151. The largest absolute Gasteiger partial charge is 0.376 e. The topological polar surface area (TPSA) is 76.9 Å². The molecule has 9 heteroatoms. The SMILES string of the molecule is Cn1cc(N2CC3(COCCN(C(=O)c4cccs4)C3)OCC2=O)cn1. The zero-order valence-corrected chi connectivity index (χ0v) is 15.3. The van der Waals surface area contributed by atoms with Crippen molar-refractivity contribution in [2.75, 3.05) is 44.4 Å². The first kappa shape index (κ1) is 17.2. The molecule has 2 aromatic heterocycles. The van der Waals surface area contributed by atoms with E-state index in [1.807, 2.05) is 17.5 Å². The molecule has 2 aliphatic rings. The van der Waals surface area contributed by atoms with Crippen LogP contribution in [0.2, 0.25) is 0 Å². The molecule has 26 heavy (non-hydrogen) atoms. The van der Waals surface area contributed by atoms with Crippen LogP contribution >= 0.6 is 11.3 Å². The summed E-state index contributed by atoms with van der Waals surface area (Å²) in [7, 11) is 1.81. The van der Waals surface area contributed by atoms with Gasteiger partial charge in [0.25, 0.3) is 11.8 Å². The molecule has 2 aliphatic heterocycles. The molecule has 8 nitrogen and oxygen atoms in total. The number of hydrogen-bond acceptors (Lipinski definition) is 6. The van der Waals surface area contributed by atoms with Gasteiger partial charge in [-0.3, -0.25) is 14.3 Å². The molecule has 4 heterocycles. The number of nitrogens with zero attached hydrogens (tertiary/aromatic N) is 4. The maximum atomic E-state index is 12.8. The van der Waals surface area contributed by atoms with Crippen molar-refractivity contribution in [2.24, 2.45) is 7.05 Å². The number of anilines is 1. The van der Waals surface area contributed by atoms with E-state index < -0.39 is 5.60 Å². The first-order valence-corrected chi connectivity index (χ1v) is 9.28. The standard InChI is InChI=1S/C17H20N4O4S/c1-19-8-13(7-18-19)21-11-17(25-9-15(21)22)10-20(4-5-24-12-17)16(23)14-3-2-6-26-14/h2-3,6-8H,4-5,9-12H2,1H3. The molecular formula is C17H20N4O4S. The molecule has 2 saturated heterocycles. The van der Waals surface area contributed by atoms with Gasteiger partial charge in [-0.25, -0.2) is 0 Å². The molecule has 2 amide bonds. The molecule has 2 fully saturated rings. The fourth-order valence-electron chi connectivity index (χ4n) is 3.32. The van der Waals surface area contributed by atoms with Crippen LogP contribution < -0.4 is 4.90 Å². The Kier molecular flexibility index (Phi) is 4.51. The van der Waals surface area contributed by atoms with Gasteiger partial charge < -0.3 is 19.3 Å². The number of hydrogen-bond donors (Lipinski definition) is 0. The molecule has 0 saturated carbocycles. The highest BCUT2D eigenvalue weighted by Gasteiger charge is 2.44. The van der Waals surface area contributed by atoms with Crippen molar-refractivity contribution in [3.8, 4) is 0 Å². The second-order valence-corrected chi connectivity index (χ2v) is 7.53. The number of carbonyl (C=O) groups excluding carboxylic acids is 2. The van der Waals surface area contributed by atoms with Crippen molar-refractivity contribution in [3.05, 3.63) is 34.8 Å². The molecule has 1 atom stereocenters. The summed E-state index contributed by atoms with van der Waals surface area (Å²) in [5, 5.41) is 6.03. The van der Waals surface area contributed by atoms with E-state index >= 15 is 0 Å². The van der Waals surface area contributed by atoms with Crippen LogP contribution in [0.15, 0.2) is 29.9 Å². The van der Waals surface area contributed by atoms with Crippen LogP contribution in [0.4, 0.5) is 5.69 Å². The number of aromatic nitrogens is 2. The Hall–Kier alpha value is -2.23. The second-order valence-electron chi connectivity index (χ2n) is 6.58. The first-order valence-electron chi connectivity index (χ1n) is 8.40. The number of thiophene rings is 1. The number of aryl methyl sites for hydroxylation is 1. The molecule has 138 valence electrons. The molecule has 0 N–H and O–H groups in total. The van der Waals surface area contributed by atoms with Crippen molar-refractivity contribution in [2.45, 2.75) is 5.60 Å². The lowest BCUT2D eigenvalue weighted by Gasteiger charge is -2.42. The third-order valence-corrected chi connectivity index (χ3v) is 5.48. The molecule has 4 rings (SSSR count). The summed E-state index contributed by atoms with van der Waals surface area (Å²) in [6.45, 7) is 1.95. The van der Waals surface area contributed by atoms with E-state index in [1.165, 1.54) is 11.3 Å². The van der Waals surface area contributed by atoms with Gasteiger partial charge in [-0.1, -0.05) is 6.07 Å². The van der Waals surface area contributed by atoms with Crippen LogP contribution in [0.25, 0.3) is 0 Å². The van der Waals surface area contributed by atoms with Crippen LogP contribution in [-0.4, -0.2) is 71.6 Å². The lowest BCUT2D eigenvalue weighted by Crippen LogP contribution is -2.61. The van der Waals surface area contributed by atoms with Gasteiger partial charge in [0.05, 0.1) is 43.1 Å². The highest BCUT2D eigenvalue weighted by Crippen LogP contribution is 2.27. The highest BCUT2D eigenvalue weighted by atomic mass is 32.1. The highest BCUT2D eigenvalue weighted by molar-refractivity contribution is 7.12. The van der Waals surface area contributed by atoms with Gasteiger partial charge in [-0.2, -0.15) is 5.10 Å². The van der Waals surface area contributed by atoms with Crippen LogP contribution in [-0.2, 0) is 21.3 Å². The van der Waals surface area contributed by atoms with E-state index in [4.69, 9.17) is 9.47 Å². The summed E-state index contributed by atoms with van der Waals surface area (Å²) >= 11 is 1.42. The van der Waals surface area contributed by atoms with Gasteiger partial charge in [0, 0.05) is 19.8 Å². The van der Waals surface area contributed by atoms with Gasteiger partial charge in [0.2, 0.25) is 0 Å². The molecule has 1 spiro atoms. The van der Waals surface area contributed by atoms with Crippen LogP contribution in [0.1, 0.15) is 9.67 Å². The third-order valence-electron chi connectivity index (χ3n) is 4.62. The Morgan fingerprint density at radius 2 is 2.27 bits per heavy atom. The quantitative estimate of drug-likeness (QED) is 0.773. The molecule has 1 unspecified atom stereocenters. The minimum Gasteiger partial charge on any atom is -0.376 e. The van der Waals surface area contributed by atoms with E-state index in [2.05, 4.69) is 5.10 Å². The normalized spacial score (nSPS) is 24.1. The molecule has 2 aromatic rings. The maximum absolute atomic E-state index is 12.8. The zero-order chi connectivity index (χ0) is 18.1. The van der Waals surface area contributed by atoms with Crippen molar-refractivity contribution >= 4 is 28.8 Å². The summed E-state index contributed by atoms with van der Waals surface area (Å²) in [6, 6.07) is 3.68. The minimum atomic E-state index is -0.743. The van der Waals surface area contributed by atoms with Gasteiger partial charge >= 0.3 is 0 Å². The van der Waals surface area contributed by atoms with Crippen molar-refractivity contribution in [1.82, 2.24) is 14.7 Å². The molecular weight excluding hydrogens is 356 g/mol. The predicted octanol–water partition coefficient (Wildman–Crippen LogP) is 0.756. The average molecular weight is 376 g/mol. The Morgan fingerprint density at radius 3 is 3.00 bits per heavy atom. The summed E-state index contributed by atoms with van der Waals surface area (Å²) in [6.07, 6.45) is 3.45. The lowest BCUT2D eigenvalue weighted by molar-refractivity contribution is -0.145. The number of rotatable bonds is 2. The predicted molar refractivity (Wildman–Crippen MR) is 95.3 cm³/mol. The van der Waals surface area contributed by atoms with Crippen LogP contribution in [0.3, 0.4) is 0 Å². The first-order chi connectivity index (χ1) is 12.6. The van der Waals surface area contributed by atoms with Gasteiger partial charge in [-0.05, 0) is 11.4 Å². The van der Waals surface area contributed by atoms with E-state index in [-0.39, 0.29) is 18.4 Å². The van der Waals surface area contributed by atoms with Crippen LogP contribution in [0.5, 0.6) is 0 Å². The van der Waals surface area contributed by atoms with Gasteiger partial charge in [0.1, 0.15) is 12.2 Å². The molecule has 0 aromatic carbocycles. The zero-order valence-electron chi connectivity index (χ0n) is 14.5. The fraction of sp³-hybridized carbons (Fsp3) is 0.471. The average Bonchev–Trinajstić information content (AvgIpc) is 3.27. The molecule has 0 radical (unpaired) electrons. The van der Waals surface area contributed by atoms with Crippen molar-refractivity contribution in [1.29, 1.82) is 0 Å². The summed E-state index contributed by atoms with van der Waals surface area (Å²) in [4.78, 5) is 29.3. The van der Waals surface area contributed by atoms with Crippen molar-refractivity contribution < 1.29 is 19.1 Å². The molecule has 0 bridgehead atoms.